The number of hydrogen-bond donors (Lipinski definition) is 2. The molecule has 0 radical (unpaired) electrons. The molecule has 1 fully saturated rings. The van der Waals surface area contributed by atoms with E-state index in [1.54, 1.807) is 28.6 Å². The van der Waals surface area contributed by atoms with Crippen LogP contribution in [0.2, 0.25) is 0 Å². The van der Waals surface area contributed by atoms with Gasteiger partial charge in [0.15, 0.2) is 0 Å². The molecule has 6 nitrogen and oxygen atoms in total. The minimum atomic E-state index is -3.43. The van der Waals surface area contributed by atoms with Gasteiger partial charge in [-0.15, -0.1) is 0 Å². The second-order valence-electron chi connectivity index (χ2n) is 6.40. The zero-order valence-corrected chi connectivity index (χ0v) is 17.2. The Bertz CT molecular complexity index is 877. The summed E-state index contributed by atoms with van der Waals surface area (Å²) in [6.45, 7) is 1.26. The number of anilines is 2. The summed E-state index contributed by atoms with van der Waals surface area (Å²) in [5, 5.41) is 5.80. The SMILES string of the molecule is O=C(CNc1ccc(S(=O)(=O)N2CCCCC2)cc1)Nc1ccc(Br)cc1. The average Bonchev–Trinajstić information content (AvgIpc) is 2.69. The summed E-state index contributed by atoms with van der Waals surface area (Å²) in [5.74, 6) is -0.178. The molecule has 0 spiro atoms. The Labute approximate surface area is 168 Å². The Morgan fingerprint density at radius 3 is 2.15 bits per heavy atom. The summed E-state index contributed by atoms with van der Waals surface area (Å²) < 4.78 is 27.7. The smallest absolute Gasteiger partial charge is 0.243 e. The predicted molar refractivity (Wildman–Crippen MR) is 110 cm³/mol. The van der Waals surface area contributed by atoms with Crippen LogP contribution in [0.15, 0.2) is 57.9 Å². The van der Waals surface area contributed by atoms with Crippen LogP contribution in [0.3, 0.4) is 0 Å². The van der Waals surface area contributed by atoms with E-state index in [-0.39, 0.29) is 17.3 Å². The van der Waals surface area contributed by atoms with Crippen LogP contribution in [0.5, 0.6) is 0 Å². The second-order valence-corrected chi connectivity index (χ2v) is 9.25. The van der Waals surface area contributed by atoms with Gasteiger partial charge < -0.3 is 10.6 Å². The number of benzene rings is 2. The van der Waals surface area contributed by atoms with Gasteiger partial charge in [0.1, 0.15) is 0 Å². The van der Waals surface area contributed by atoms with Crippen molar-refractivity contribution in [3.63, 3.8) is 0 Å². The topological polar surface area (TPSA) is 78.5 Å². The molecule has 1 saturated heterocycles. The van der Waals surface area contributed by atoms with E-state index < -0.39 is 10.0 Å². The highest BCUT2D eigenvalue weighted by Crippen LogP contribution is 2.22. The van der Waals surface area contributed by atoms with Gasteiger partial charge in [-0.3, -0.25) is 4.79 Å². The molecule has 3 rings (SSSR count). The van der Waals surface area contributed by atoms with E-state index in [4.69, 9.17) is 0 Å². The standard InChI is InChI=1S/C19H22BrN3O3S/c20-15-4-6-17(7-5-15)22-19(24)14-21-16-8-10-18(11-9-16)27(25,26)23-12-2-1-3-13-23/h4-11,21H,1-3,12-14H2,(H,22,24). The maximum atomic E-state index is 12.6. The minimum absolute atomic E-state index is 0.0916. The largest absolute Gasteiger partial charge is 0.376 e. The van der Waals surface area contributed by atoms with Crippen LogP contribution in [-0.2, 0) is 14.8 Å². The quantitative estimate of drug-likeness (QED) is 0.701. The highest BCUT2D eigenvalue weighted by Gasteiger charge is 2.25. The molecular weight excluding hydrogens is 430 g/mol. The van der Waals surface area contributed by atoms with Crippen LogP contribution in [0, 0.1) is 0 Å². The van der Waals surface area contributed by atoms with Gasteiger partial charge in [0.25, 0.3) is 0 Å². The third-order valence-electron chi connectivity index (χ3n) is 4.39. The van der Waals surface area contributed by atoms with E-state index >= 15 is 0 Å². The average molecular weight is 452 g/mol. The van der Waals surface area contributed by atoms with Gasteiger partial charge in [-0.1, -0.05) is 22.4 Å². The highest BCUT2D eigenvalue weighted by atomic mass is 79.9. The Morgan fingerprint density at radius 2 is 1.52 bits per heavy atom. The van der Waals surface area contributed by atoms with Crippen LogP contribution in [0.4, 0.5) is 11.4 Å². The van der Waals surface area contributed by atoms with E-state index in [9.17, 15) is 13.2 Å². The molecule has 0 atom stereocenters. The van der Waals surface area contributed by atoms with Gasteiger partial charge >= 0.3 is 0 Å². The van der Waals surface area contributed by atoms with Gasteiger partial charge in [-0.25, -0.2) is 8.42 Å². The van der Waals surface area contributed by atoms with Gasteiger partial charge in [0.2, 0.25) is 15.9 Å². The van der Waals surface area contributed by atoms with Gasteiger partial charge in [0.05, 0.1) is 11.4 Å². The summed E-state index contributed by atoms with van der Waals surface area (Å²) >= 11 is 3.35. The molecule has 0 saturated carbocycles. The predicted octanol–water partition coefficient (Wildman–Crippen LogP) is 3.67. The molecule has 2 aromatic rings. The van der Waals surface area contributed by atoms with E-state index in [2.05, 4.69) is 26.6 Å². The number of nitrogens with one attached hydrogen (secondary N) is 2. The lowest BCUT2D eigenvalue weighted by Crippen LogP contribution is -2.35. The van der Waals surface area contributed by atoms with Gasteiger partial charge in [-0.05, 0) is 61.4 Å². The summed E-state index contributed by atoms with van der Waals surface area (Å²) in [7, 11) is -3.43. The number of piperidine rings is 1. The van der Waals surface area contributed by atoms with E-state index in [1.807, 2.05) is 24.3 Å². The van der Waals surface area contributed by atoms with E-state index in [0.717, 1.165) is 23.7 Å². The molecule has 2 N–H and O–H groups in total. The third kappa shape index (κ3) is 5.31. The molecule has 2 aromatic carbocycles. The lowest BCUT2D eigenvalue weighted by atomic mass is 10.2. The van der Waals surface area contributed by atoms with Gasteiger partial charge in [0, 0.05) is 28.9 Å². The maximum Gasteiger partial charge on any atom is 0.243 e. The van der Waals surface area contributed by atoms with Crippen LogP contribution in [0.25, 0.3) is 0 Å². The number of sulfonamides is 1. The van der Waals surface area contributed by atoms with Crippen molar-refractivity contribution >= 4 is 43.2 Å². The van der Waals surface area contributed by atoms with E-state index in [1.165, 1.54) is 0 Å². The number of carbonyl (C=O) groups is 1. The Balaban J connectivity index is 1.55. The zero-order chi connectivity index (χ0) is 19.3. The Hall–Kier alpha value is -1.90. The molecule has 1 amide bonds. The third-order valence-corrected chi connectivity index (χ3v) is 6.83. The Kier molecular flexibility index (Phi) is 6.51. The highest BCUT2D eigenvalue weighted by molar-refractivity contribution is 9.10. The lowest BCUT2D eigenvalue weighted by Gasteiger charge is -2.25. The van der Waals surface area contributed by atoms with Crippen molar-refractivity contribution in [3.05, 3.63) is 53.0 Å². The van der Waals surface area contributed by atoms with Crippen LogP contribution in [-0.4, -0.2) is 38.3 Å². The monoisotopic (exact) mass is 451 g/mol. The fraction of sp³-hybridized carbons (Fsp3) is 0.316. The molecule has 1 heterocycles. The van der Waals surface area contributed by atoms with Crippen LogP contribution in [0.1, 0.15) is 19.3 Å². The van der Waals surface area contributed by atoms with Crippen molar-refractivity contribution in [2.75, 3.05) is 30.3 Å². The summed E-state index contributed by atoms with van der Waals surface area (Å²) in [6.07, 6.45) is 2.90. The molecular formula is C19H22BrN3O3S. The Morgan fingerprint density at radius 1 is 0.926 bits per heavy atom. The molecule has 0 aromatic heterocycles. The molecule has 0 aliphatic carbocycles. The van der Waals surface area contributed by atoms with E-state index in [0.29, 0.717) is 24.5 Å². The van der Waals surface area contributed by atoms with Crippen molar-refractivity contribution in [1.82, 2.24) is 4.31 Å². The maximum absolute atomic E-state index is 12.6. The number of nitrogens with zero attached hydrogens (tertiary/aromatic N) is 1. The first-order valence-corrected chi connectivity index (χ1v) is 11.1. The van der Waals surface area contributed by atoms with Crippen molar-refractivity contribution < 1.29 is 13.2 Å². The number of hydrogen-bond acceptors (Lipinski definition) is 4. The summed E-state index contributed by atoms with van der Waals surface area (Å²) in [6, 6.07) is 13.9. The number of rotatable bonds is 6. The van der Waals surface area contributed by atoms with Crippen molar-refractivity contribution in [1.29, 1.82) is 0 Å². The molecule has 0 unspecified atom stereocenters. The molecule has 1 aliphatic heterocycles. The van der Waals surface area contributed by atoms with Crippen LogP contribution >= 0.6 is 15.9 Å². The molecule has 8 heteroatoms. The molecule has 0 bridgehead atoms. The number of amides is 1. The molecule has 144 valence electrons. The molecule has 1 aliphatic rings. The summed E-state index contributed by atoms with van der Waals surface area (Å²) in [5.41, 5.74) is 1.41. The zero-order valence-electron chi connectivity index (χ0n) is 14.8. The second kappa shape index (κ2) is 8.86. The number of halogens is 1. The van der Waals surface area contributed by atoms with Crippen molar-refractivity contribution in [2.24, 2.45) is 0 Å². The first-order chi connectivity index (χ1) is 12.9. The first kappa shape index (κ1) is 19.9. The summed E-state index contributed by atoms with van der Waals surface area (Å²) in [4.78, 5) is 12.3. The van der Waals surface area contributed by atoms with Crippen molar-refractivity contribution in [3.8, 4) is 0 Å². The fourth-order valence-electron chi connectivity index (χ4n) is 2.92. The first-order valence-electron chi connectivity index (χ1n) is 8.85. The normalized spacial score (nSPS) is 15.3. The molecule has 27 heavy (non-hydrogen) atoms. The fourth-order valence-corrected chi connectivity index (χ4v) is 4.70. The van der Waals surface area contributed by atoms with Crippen LogP contribution < -0.4 is 10.6 Å². The minimum Gasteiger partial charge on any atom is -0.376 e. The van der Waals surface area contributed by atoms with Gasteiger partial charge in [-0.2, -0.15) is 4.31 Å². The van der Waals surface area contributed by atoms with Crippen molar-refractivity contribution in [2.45, 2.75) is 24.2 Å². The lowest BCUT2D eigenvalue weighted by molar-refractivity contribution is -0.114. The number of carbonyl (C=O) groups excluding carboxylic acids is 1.